The normalized spacial score (nSPS) is 10.2. The van der Waals surface area contributed by atoms with Crippen molar-refractivity contribution in [3.63, 3.8) is 0 Å². The summed E-state index contributed by atoms with van der Waals surface area (Å²) >= 11 is 3.32. The Kier molecular flexibility index (Phi) is 3.15. The largest absolute Gasteiger partial charge is 0.399 e. The van der Waals surface area contributed by atoms with Crippen LogP contribution in [0.15, 0.2) is 46.9 Å². The van der Waals surface area contributed by atoms with Crippen molar-refractivity contribution in [2.45, 2.75) is 0 Å². The molecule has 4 heteroatoms. The molecule has 0 saturated heterocycles. The van der Waals surface area contributed by atoms with Gasteiger partial charge in [0.25, 0.3) is 0 Å². The molecule has 0 aliphatic carbocycles. The first-order chi connectivity index (χ1) is 8.08. The molecular weight excluding hydrogens is 280 g/mol. The van der Waals surface area contributed by atoms with Gasteiger partial charge in [0, 0.05) is 27.0 Å². The molecule has 2 aromatic rings. The summed E-state index contributed by atoms with van der Waals surface area (Å²) in [6, 6.07) is 12.1. The molecule has 86 valence electrons. The van der Waals surface area contributed by atoms with E-state index in [2.05, 4.69) is 15.9 Å². The van der Waals surface area contributed by atoms with E-state index in [0.717, 1.165) is 4.47 Å². The number of benzene rings is 2. The molecule has 0 aromatic heterocycles. The lowest BCUT2D eigenvalue weighted by molar-refractivity contribution is 0.103. The maximum Gasteiger partial charge on any atom is 0.195 e. The number of carbonyl (C=O) groups is 1. The first-order valence-electron chi connectivity index (χ1n) is 5.03. The molecule has 2 rings (SSSR count). The number of halogens is 1. The average Bonchev–Trinajstić information content (AvgIpc) is 2.29. The van der Waals surface area contributed by atoms with Gasteiger partial charge in [-0.05, 0) is 42.5 Å². The van der Waals surface area contributed by atoms with Crippen LogP contribution in [-0.2, 0) is 0 Å². The predicted molar refractivity (Wildman–Crippen MR) is 72.8 cm³/mol. The van der Waals surface area contributed by atoms with Crippen LogP contribution in [0.3, 0.4) is 0 Å². The molecule has 0 radical (unpaired) electrons. The minimum Gasteiger partial charge on any atom is -0.399 e. The Hall–Kier alpha value is -1.81. The molecule has 0 bridgehead atoms. The van der Waals surface area contributed by atoms with Crippen LogP contribution in [0.4, 0.5) is 11.4 Å². The van der Waals surface area contributed by atoms with E-state index in [1.165, 1.54) is 0 Å². The van der Waals surface area contributed by atoms with Gasteiger partial charge >= 0.3 is 0 Å². The summed E-state index contributed by atoms with van der Waals surface area (Å²) in [4.78, 5) is 12.2. The minimum absolute atomic E-state index is 0.102. The number of carbonyl (C=O) groups excluding carboxylic acids is 1. The predicted octanol–water partition coefficient (Wildman–Crippen LogP) is 2.84. The number of hydrogen-bond donors (Lipinski definition) is 2. The molecule has 0 atom stereocenters. The monoisotopic (exact) mass is 290 g/mol. The van der Waals surface area contributed by atoms with E-state index in [0.29, 0.717) is 22.5 Å². The van der Waals surface area contributed by atoms with E-state index in [4.69, 9.17) is 11.5 Å². The molecule has 3 nitrogen and oxygen atoms in total. The highest BCUT2D eigenvalue weighted by Crippen LogP contribution is 2.20. The summed E-state index contributed by atoms with van der Waals surface area (Å²) in [6.07, 6.45) is 0. The highest BCUT2D eigenvalue weighted by atomic mass is 79.9. The van der Waals surface area contributed by atoms with E-state index >= 15 is 0 Å². The lowest BCUT2D eigenvalue weighted by Crippen LogP contribution is -2.05. The lowest BCUT2D eigenvalue weighted by Gasteiger charge is -2.05. The molecule has 2 aromatic carbocycles. The maximum absolute atomic E-state index is 12.2. The number of nitrogen functional groups attached to an aromatic ring is 2. The van der Waals surface area contributed by atoms with Gasteiger partial charge in [-0.1, -0.05) is 15.9 Å². The third-order valence-electron chi connectivity index (χ3n) is 2.43. The minimum atomic E-state index is -0.102. The summed E-state index contributed by atoms with van der Waals surface area (Å²) in [5.41, 5.74) is 13.4. The van der Waals surface area contributed by atoms with Crippen molar-refractivity contribution >= 4 is 33.1 Å². The summed E-state index contributed by atoms with van der Waals surface area (Å²) in [5.74, 6) is -0.102. The Bertz CT molecular complexity index is 564. The Morgan fingerprint density at radius 3 is 2.24 bits per heavy atom. The quantitative estimate of drug-likeness (QED) is 0.660. The van der Waals surface area contributed by atoms with Gasteiger partial charge in [0.1, 0.15) is 0 Å². The van der Waals surface area contributed by atoms with E-state index in [1.54, 1.807) is 30.3 Å². The van der Waals surface area contributed by atoms with Gasteiger partial charge in [-0.3, -0.25) is 4.79 Å². The molecule has 0 saturated carbocycles. The van der Waals surface area contributed by atoms with E-state index in [-0.39, 0.29) is 5.78 Å². The summed E-state index contributed by atoms with van der Waals surface area (Å²) in [6.45, 7) is 0. The number of rotatable bonds is 2. The Labute approximate surface area is 108 Å². The van der Waals surface area contributed by atoms with Crippen LogP contribution in [0.25, 0.3) is 0 Å². The zero-order valence-electron chi connectivity index (χ0n) is 8.98. The van der Waals surface area contributed by atoms with Gasteiger partial charge in [-0.25, -0.2) is 0 Å². The maximum atomic E-state index is 12.2. The average molecular weight is 291 g/mol. The summed E-state index contributed by atoms with van der Waals surface area (Å²) in [5, 5.41) is 0. The molecule has 0 aliphatic heterocycles. The SMILES string of the molecule is Nc1ccc(C(=O)c2ccc(Br)cc2)c(N)c1. The molecule has 0 amide bonds. The van der Waals surface area contributed by atoms with Crippen molar-refractivity contribution in [1.82, 2.24) is 0 Å². The first kappa shape index (κ1) is 11.7. The molecule has 0 spiro atoms. The van der Waals surface area contributed by atoms with Crippen molar-refractivity contribution in [3.8, 4) is 0 Å². The zero-order chi connectivity index (χ0) is 12.4. The van der Waals surface area contributed by atoms with Crippen LogP contribution in [0.5, 0.6) is 0 Å². The highest BCUT2D eigenvalue weighted by Gasteiger charge is 2.12. The molecule has 17 heavy (non-hydrogen) atoms. The first-order valence-corrected chi connectivity index (χ1v) is 5.82. The number of anilines is 2. The van der Waals surface area contributed by atoms with Crippen molar-refractivity contribution in [3.05, 3.63) is 58.1 Å². The van der Waals surface area contributed by atoms with Crippen LogP contribution in [0.1, 0.15) is 15.9 Å². The van der Waals surface area contributed by atoms with Crippen LogP contribution in [0, 0.1) is 0 Å². The van der Waals surface area contributed by atoms with Gasteiger partial charge in [-0.2, -0.15) is 0 Å². The third kappa shape index (κ3) is 2.47. The van der Waals surface area contributed by atoms with E-state index in [9.17, 15) is 4.79 Å². The van der Waals surface area contributed by atoms with Crippen LogP contribution < -0.4 is 11.5 Å². The second-order valence-electron chi connectivity index (χ2n) is 3.68. The molecule has 0 aliphatic rings. The second-order valence-corrected chi connectivity index (χ2v) is 4.60. The molecule has 0 fully saturated rings. The fourth-order valence-electron chi connectivity index (χ4n) is 1.54. The fourth-order valence-corrected chi connectivity index (χ4v) is 1.81. The summed E-state index contributed by atoms with van der Waals surface area (Å²) < 4.78 is 0.930. The third-order valence-corrected chi connectivity index (χ3v) is 2.96. The van der Waals surface area contributed by atoms with Crippen LogP contribution in [-0.4, -0.2) is 5.78 Å². The fraction of sp³-hybridized carbons (Fsp3) is 0. The smallest absolute Gasteiger partial charge is 0.195 e. The Morgan fingerprint density at radius 1 is 1.00 bits per heavy atom. The van der Waals surface area contributed by atoms with E-state index in [1.807, 2.05) is 12.1 Å². The number of ketones is 1. The molecule has 0 unspecified atom stereocenters. The van der Waals surface area contributed by atoms with Gasteiger partial charge in [0.05, 0.1) is 0 Å². The Morgan fingerprint density at radius 2 is 1.65 bits per heavy atom. The standard InChI is InChI=1S/C13H11BrN2O/c14-9-3-1-8(2-4-9)13(17)11-6-5-10(15)7-12(11)16/h1-7H,15-16H2. The molecule has 4 N–H and O–H groups in total. The topological polar surface area (TPSA) is 69.1 Å². The van der Waals surface area contributed by atoms with Crippen molar-refractivity contribution in [2.24, 2.45) is 0 Å². The van der Waals surface area contributed by atoms with Crippen LogP contribution >= 0.6 is 15.9 Å². The van der Waals surface area contributed by atoms with Crippen LogP contribution in [0.2, 0.25) is 0 Å². The van der Waals surface area contributed by atoms with Gasteiger partial charge in [0.2, 0.25) is 0 Å². The second kappa shape index (κ2) is 4.59. The van der Waals surface area contributed by atoms with E-state index < -0.39 is 0 Å². The Balaban J connectivity index is 2.40. The van der Waals surface area contributed by atoms with Crippen molar-refractivity contribution < 1.29 is 4.79 Å². The summed E-state index contributed by atoms with van der Waals surface area (Å²) in [7, 11) is 0. The van der Waals surface area contributed by atoms with Crippen molar-refractivity contribution in [1.29, 1.82) is 0 Å². The highest BCUT2D eigenvalue weighted by molar-refractivity contribution is 9.10. The zero-order valence-corrected chi connectivity index (χ0v) is 10.6. The van der Waals surface area contributed by atoms with Gasteiger partial charge in [0.15, 0.2) is 5.78 Å². The lowest BCUT2D eigenvalue weighted by atomic mass is 10.0. The molecule has 0 heterocycles. The van der Waals surface area contributed by atoms with Gasteiger partial charge < -0.3 is 11.5 Å². The molecular formula is C13H11BrN2O. The van der Waals surface area contributed by atoms with Gasteiger partial charge in [-0.15, -0.1) is 0 Å². The van der Waals surface area contributed by atoms with Crippen molar-refractivity contribution in [2.75, 3.05) is 11.5 Å². The number of hydrogen-bond acceptors (Lipinski definition) is 3. The number of nitrogens with two attached hydrogens (primary N) is 2.